The van der Waals surface area contributed by atoms with E-state index in [2.05, 4.69) is 19.9 Å². The predicted molar refractivity (Wildman–Crippen MR) is 73.0 cm³/mol. The van der Waals surface area contributed by atoms with Gasteiger partial charge in [-0.15, -0.1) is 0 Å². The maximum Gasteiger partial charge on any atom is 0.345 e. The highest BCUT2D eigenvalue weighted by Crippen LogP contribution is 2.26. The van der Waals surface area contributed by atoms with Crippen LogP contribution in [0.5, 0.6) is 0 Å². The van der Waals surface area contributed by atoms with E-state index in [-0.39, 0.29) is 0 Å². The van der Waals surface area contributed by atoms with Crippen LogP contribution in [0.4, 0.5) is 0 Å². The van der Waals surface area contributed by atoms with Crippen molar-refractivity contribution in [2.75, 3.05) is 0 Å². The average molecular weight is 273 g/mol. The summed E-state index contributed by atoms with van der Waals surface area (Å²) in [5.41, 5.74) is 8.04. The molecule has 0 saturated heterocycles. The molecule has 0 bridgehead atoms. The molecule has 3 rings (SSSR count). The van der Waals surface area contributed by atoms with Gasteiger partial charge in [0, 0.05) is 17.6 Å². The van der Waals surface area contributed by atoms with E-state index < -0.39 is 11.7 Å². The smallest absolute Gasteiger partial charge is 0.317 e. The van der Waals surface area contributed by atoms with Gasteiger partial charge in [0.25, 0.3) is 0 Å². The van der Waals surface area contributed by atoms with E-state index in [0.717, 1.165) is 21.0 Å². The summed E-state index contributed by atoms with van der Waals surface area (Å²) in [5.74, 6) is 0. The lowest BCUT2D eigenvalue weighted by Crippen LogP contribution is -2.19. The van der Waals surface area contributed by atoms with Gasteiger partial charge in [-0.1, -0.05) is 11.3 Å². The van der Waals surface area contributed by atoms with Crippen molar-refractivity contribution in [2.24, 2.45) is 5.73 Å². The number of aromatic amines is 1. The summed E-state index contributed by atoms with van der Waals surface area (Å²) in [4.78, 5) is 27.1. The average Bonchev–Trinajstić information content (AvgIpc) is 2.80. The first-order chi connectivity index (χ1) is 9.13. The summed E-state index contributed by atoms with van der Waals surface area (Å²) in [6, 6.07) is 5.03. The Morgan fingerprint density at radius 3 is 2.95 bits per heavy atom. The predicted octanol–water partition coefficient (Wildman–Crippen LogP) is 1.13. The number of hydrogen-bond donors (Lipinski definition) is 2. The van der Waals surface area contributed by atoms with Gasteiger partial charge in [-0.05, 0) is 25.1 Å². The van der Waals surface area contributed by atoms with Gasteiger partial charge in [-0.25, -0.2) is 19.7 Å². The molecule has 96 valence electrons. The summed E-state index contributed by atoms with van der Waals surface area (Å²) in [5, 5.41) is 0.718. The van der Waals surface area contributed by atoms with Crippen molar-refractivity contribution in [3.8, 4) is 0 Å². The molecule has 0 spiro atoms. The van der Waals surface area contributed by atoms with E-state index >= 15 is 0 Å². The van der Waals surface area contributed by atoms with Crippen molar-refractivity contribution >= 4 is 21.7 Å². The number of fused-ring (bicyclic) bond motifs is 1. The zero-order chi connectivity index (χ0) is 13.4. The molecule has 0 aromatic carbocycles. The Hall–Kier alpha value is -2.12. The molecule has 0 aliphatic carbocycles. The van der Waals surface area contributed by atoms with Crippen LogP contribution < -0.4 is 11.4 Å². The van der Waals surface area contributed by atoms with Crippen molar-refractivity contribution in [3.05, 3.63) is 51.3 Å². The largest absolute Gasteiger partial charge is 0.345 e. The summed E-state index contributed by atoms with van der Waals surface area (Å²) < 4.78 is 0. The second-order valence-corrected chi connectivity index (χ2v) is 5.15. The number of rotatable bonds is 2. The molecule has 3 N–H and O–H groups in total. The standard InChI is InChI=1S/C12H11N5OS/c1-6-2-3-8-10(15-6)19-11(16-8)9(13)7-4-5-14-12(18)17-7/h2-5,9H,13H2,1H3,(H,14,17,18). The SMILES string of the molecule is Cc1ccc2nc(C(N)c3ccnc(=O)[nH]3)sc2n1. The molecule has 7 heteroatoms. The summed E-state index contributed by atoms with van der Waals surface area (Å²) in [6.45, 7) is 1.93. The van der Waals surface area contributed by atoms with E-state index in [1.165, 1.54) is 17.5 Å². The third-order valence-corrected chi connectivity index (χ3v) is 3.76. The van der Waals surface area contributed by atoms with E-state index in [1.54, 1.807) is 6.07 Å². The highest BCUT2D eigenvalue weighted by molar-refractivity contribution is 7.18. The molecule has 1 unspecified atom stereocenters. The fraction of sp³-hybridized carbons (Fsp3) is 0.167. The van der Waals surface area contributed by atoms with Gasteiger partial charge >= 0.3 is 5.69 Å². The van der Waals surface area contributed by atoms with Crippen LogP contribution in [0, 0.1) is 6.92 Å². The van der Waals surface area contributed by atoms with Gasteiger partial charge in [0.05, 0.1) is 6.04 Å². The number of thiazole rings is 1. The Kier molecular flexibility index (Phi) is 2.84. The number of aromatic nitrogens is 4. The minimum absolute atomic E-state index is 0.414. The van der Waals surface area contributed by atoms with Gasteiger partial charge in [0.15, 0.2) is 0 Å². The van der Waals surface area contributed by atoms with E-state index in [4.69, 9.17) is 5.73 Å². The molecule has 0 aliphatic heterocycles. The van der Waals surface area contributed by atoms with E-state index in [0.29, 0.717) is 5.69 Å². The van der Waals surface area contributed by atoms with Crippen molar-refractivity contribution in [2.45, 2.75) is 13.0 Å². The van der Waals surface area contributed by atoms with Crippen molar-refractivity contribution in [1.82, 2.24) is 19.9 Å². The van der Waals surface area contributed by atoms with Gasteiger partial charge < -0.3 is 10.7 Å². The lowest BCUT2D eigenvalue weighted by Gasteiger charge is -2.06. The lowest BCUT2D eigenvalue weighted by molar-refractivity contribution is 0.802. The van der Waals surface area contributed by atoms with Crippen molar-refractivity contribution in [1.29, 1.82) is 0 Å². The first kappa shape index (κ1) is 11.9. The van der Waals surface area contributed by atoms with Gasteiger partial charge in [0.2, 0.25) is 0 Å². The number of pyridine rings is 1. The quantitative estimate of drug-likeness (QED) is 0.729. The van der Waals surface area contributed by atoms with Crippen molar-refractivity contribution < 1.29 is 0 Å². The van der Waals surface area contributed by atoms with Crippen LogP contribution in [0.2, 0.25) is 0 Å². The molecule has 0 fully saturated rings. The third-order valence-electron chi connectivity index (χ3n) is 2.71. The Labute approximate surface area is 112 Å². The Bertz CT molecular complexity index is 794. The van der Waals surface area contributed by atoms with Crippen LogP contribution in [-0.2, 0) is 0 Å². The molecule has 3 heterocycles. The maximum absolute atomic E-state index is 11.2. The highest BCUT2D eigenvalue weighted by atomic mass is 32.1. The van der Waals surface area contributed by atoms with E-state index in [9.17, 15) is 4.79 Å². The van der Waals surface area contributed by atoms with Crippen LogP contribution in [0.1, 0.15) is 22.4 Å². The summed E-state index contributed by atoms with van der Waals surface area (Å²) in [7, 11) is 0. The second kappa shape index (κ2) is 4.52. The molecule has 3 aromatic rings. The fourth-order valence-corrected chi connectivity index (χ4v) is 2.76. The maximum atomic E-state index is 11.2. The molecule has 6 nitrogen and oxygen atoms in total. The molecule has 3 aromatic heterocycles. The first-order valence-corrected chi connectivity index (χ1v) is 6.50. The normalized spacial score (nSPS) is 12.7. The van der Waals surface area contributed by atoms with Crippen LogP contribution in [0.15, 0.2) is 29.2 Å². The van der Waals surface area contributed by atoms with Crippen LogP contribution in [0.25, 0.3) is 10.3 Å². The minimum atomic E-state index is -0.477. The topological polar surface area (TPSA) is 97.5 Å². The van der Waals surface area contributed by atoms with Crippen molar-refractivity contribution in [3.63, 3.8) is 0 Å². The van der Waals surface area contributed by atoms with Gasteiger partial charge in [-0.2, -0.15) is 0 Å². The number of aryl methyl sites for hydroxylation is 1. The minimum Gasteiger partial charge on any atom is -0.317 e. The van der Waals surface area contributed by atoms with Crippen LogP contribution in [0.3, 0.4) is 0 Å². The van der Waals surface area contributed by atoms with Gasteiger partial charge in [0.1, 0.15) is 15.4 Å². The molecule has 19 heavy (non-hydrogen) atoms. The Morgan fingerprint density at radius 2 is 2.16 bits per heavy atom. The lowest BCUT2D eigenvalue weighted by atomic mass is 10.2. The molecule has 0 radical (unpaired) electrons. The van der Waals surface area contributed by atoms with Crippen LogP contribution >= 0.6 is 11.3 Å². The number of nitrogens with two attached hydrogens (primary N) is 1. The molecule has 0 aliphatic rings. The first-order valence-electron chi connectivity index (χ1n) is 5.68. The molecular formula is C12H11N5OS. The fourth-order valence-electron chi connectivity index (χ4n) is 1.76. The van der Waals surface area contributed by atoms with Crippen LogP contribution in [-0.4, -0.2) is 19.9 Å². The summed E-state index contributed by atoms with van der Waals surface area (Å²) >= 11 is 1.43. The number of hydrogen-bond acceptors (Lipinski definition) is 6. The zero-order valence-corrected chi connectivity index (χ0v) is 10.9. The number of nitrogens with zero attached hydrogens (tertiary/aromatic N) is 3. The Morgan fingerprint density at radius 1 is 1.32 bits per heavy atom. The zero-order valence-electron chi connectivity index (χ0n) is 10.1. The molecular weight excluding hydrogens is 262 g/mol. The number of nitrogens with one attached hydrogen (secondary N) is 1. The molecule has 0 amide bonds. The highest BCUT2D eigenvalue weighted by Gasteiger charge is 2.15. The summed E-state index contributed by atoms with van der Waals surface area (Å²) in [6.07, 6.45) is 1.43. The molecule has 0 saturated carbocycles. The second-order valence-electron chi connectivity index (χ2n) is 4.14. The Balaban J connectivity index is 2.06. The monoisotopic (exact) mass is 273 g/mol. The third kappa shape index (κ3) is 2.25. The van der Waals surface area contributed by atoms with Gasteiger partial charge in [-0.3, -0.25) is 0 Å². The van der Waals surface area contributed by atoms with E-state index in [1.807, 2.05) is 19.1 Å². The molecule has 1 atom stereocenters. The number of H-pyrrole nitrogens is 1.